The summed E-state index contributed by atoms with van der Waals surface area (Å²) >= 11 is 0. The summed E-state index contributed by atoms with van der Waals surface area (Å²) in [6, 6.07) is 19.8. The average molecular weight is 361 g/mol. The molecule has 0 unspecified atom stereocenters. The number of nitrogens with one attached hydrogen (secondary N) is 1. The van der Waals surface area contributed by atoms with E-state index in [1.807, 2.05) is 36.4 Å². The second-order valence-electron chi connectivity index (χ2n) is 6.23. The van der Waals surface area contributed by atoms with Crippen LogP contribution in [0.4, 0.5) is 11.4 Å². The van der Waals surface area contributed by atoms with E-state index >= 15 is 0 Å². The summed E-state index contributed by atoms with van der Waals surface area (Å²) < 4.78 is 0. The quantitative estimate of drug-likeness (QED) is 0.406. The number of carbonyl (C=O) groups excluding carboxylic acids is 1. The number of amides is 1. The lowest BCUT2D eigenvalue weighted by Crippen LogP contribution is -2.22. The summed E-state index contributed by atoms with van der Waals surface area (Å²) in [5, 5.41) is 14.1. The minimum Gasteiger partial charge on any atom is -0.393 e. The van der Waals surface area contributed by atoms with E-state index < -0.39 is 4.92 Å². The fourth-order valence-corrected chi connectivity index (χ4v) is 2.82. The van der Waals surface area contributed by atoms with Gasteiger partial charge in [-0.1, -0.05) is 42.5 Å². The second-order valence-corrected chi connectivity index (χ2v) is 6.23. The Labute approximate surface area is 156 Å². The van der Waals surface area contributed by atoms with Gasteiger partial charge in [-0.25, -0.2) is 0 Å². The van der Waals surface area contributed by atoms with Crippen LogP contribution in [0.1, 0.15) is 21.5 Å². The number of nitro groups is 1. The van der Waals surface area contributed by atoms with Gasteiger partial charge in [-0.2, -0.15) is 0 Å². The molecule has 0 radical (unpaired) electrons. The first kappa shape index (κ1) is 18.1. The molecule has 3 aromatic carbocycles. The van der Waals surface area contributed by atoms with Gasteiger partial charge in [0.1, 0.15) is 5.69 Å². The van der Waals surface area contributed by atoms with Gasteiger partial charge in [-0.15, -0.1) is 0 Å². The number of benzene rings is 3. The van der Waals surface area contributed by atoms with Crippen LogP contribution in [-0.4, -0.2) is 10.8 Å². The molecular weight excluding hydrogens is 342 g/mol. The Morgan fingerprint density at radius 3 is 2.48 bits per heavy atom. The molecule has 0 heterocycles. The third-order valence-corrected chi connectivity index (χ3v) is 4.32. The van der Waals surface area contributed by atoms with Crippen LogP contribution in [0.25, 0.3) is 11.1 Å². The van der Waals surface area contributed by atoms with Crippen LogP contribution in [0.5, 0.6) is 0 Å². The molecule has 0 aromatic heterocycles. The van der Waals surface area contributed by atoms with Gasteiger partial charge in [-0.05, 0) is 47.4 Å². The minimum absolute atomic E-state index is 0.135. The number of anilines is 1. The summed E-state index contributed by atoms with van der Waals surface area (Å²) in [5.41, 5.74) is 9.29. The molecule has 0 aliphatic heterocycles. The number of nitro benzene ring substituents is 1. The number of aryl methyl sites for hydroxylation is 1. The van der Waals surface area contributed by atoms with E-state index in [4.69, 9.17) is 5.73 Å². The molecule has 0 saturated heterocycles. The number of hydrogen-bond donors (Lipinski definition) is 2. The van der Waals surface area contributed by atoms with Crippen LogP contribution in [0.2, 0.25) is 0 Å². The highest BCUT2D eigenvalue weighted by molar-refractivity contribution is 5.95. The maximum atomic E-state index is 12.5. The first-order chi connectivity index (χ1) is 13.0. The van der Waals surface area contributed by atoms with Gasteiger partial charge < -0.3 is 11.1 Å². The Bertz CT molecular complexity index is 1000. The maximum Gasteiger partial charge on any atom is 0.292 e. The number of nitrogens with two attached hydrogens (primary N) is 1. The Morgan fingerprint density at radius 1 is 1.04 bits per heavy atom. The molecule has 136 valence electrons. The summed E-state index contributed by atoms with van der Waals surface area (Å²) in [6.45, 7) is 2.15. The summed E-state index contributed by atoms with van der Waals surface area (Å²) in [7, 11) is 0. The number of hydrogen-bond acceptors (Lipinski definition) is 4. The molecule has 3 rings (SSSR count). The van der Waals surface area contributed by atoms with Gasteiger partial charge >= 0.3 is 0 Å². The SMILES string of the molecule is Cc1cc(-c2cccc(C(=O)NCc3ccccc3)c2)cc([N+](=O)[O-])c1N. The van der Waals surface area contributed by atoms with Crippen molar-refractivity contribution in [1.82, 2.24) is 5.32 Å². The highest BCUT2D eigenvalue weighted by atomic mass is 16.6. The third kappa shape index (κ3) is 4.12. The average Bonchev–Trinajstić information content (AvgIpc) is 2.68. The predicted octanol–water partition coefficient (Wildman–Crippen LogP) is 4.08. The van der Waals surface area contributed by atoms with Crippen molar-refractivity contribution in [2.24, 2.45) is 0 Å². The third-order valence-electron chi connectivity index (χ3n) is 4.32. The minimum atomic E-state index is -0.498. The van der Waals surface area contributed by atoms with Crippen molar-refractivity contribution in [2.45, 2.75) is 13.5 Å². The highest BCUT2D eigenvalue weighted by Crippen LogP contribution is 2.32. The maximum absolute atomic E-state index is 12.5. The zero-order chi connectivity index (χ0) is 19.4. The first-order valence-electron chi connectivity index (χ1n) is 8.43. The predicted molar refractivity (Wildman–Crippen MR) is 105 cm³/mol. The normalized spacial score (nSPS) is 10.4. The molecular formula is C21H19N3O3. The van der Waals surface area contributed by atoms with Gasteiger partial charge in [0.15, 0.2) is 0 Å². The van der Waals surface area contributed by atoms with E-state index in [2.05, 4.69) is 5.32 Å². The molecule has 0 aliphatic rings. The van der Waals surface area contributed by atoms with E-state index in [1.165, 1.54) is 6.07 Å². The molecule has 6 nitrogen and oxygen atoms in total. The van der Waals surface area contributed by atoms with E-state index in [1.54, 1.807) is 31.2 Å². The van der Waals surface area contributed by atoms with Crippen molar-refractivity contribution in [2.75, 3.05) is 5.73 Å². The molecule has 3 N–H and O–H groups in total. The number of nitrogens with zero attached hydrogens (tertiary/aromatic N) is 1. The second kappa shape index (κ2) is 7.70. The Morgan fingerprint density at radius 2 is 1.78 bits per heavy atom. The van der Waals surface area contributed by atoms with Gasteiger partial charge in [0.05, 0.1) is 4.92 Å². The Balaban J connectivity index is 1.85. The van der Waals surface area contributed by atoms with Crippen molar-refractivity contribution >= 4 is 17.3 Å². The summed E-state index contributed by atoms with van der Waals surface area (Å²) in [5.74, 6) is -0.206. The van der Waals surface area contributed by atoms with Crippen molar-refractivity contribution in [3.8, 4) is 11.1 Å². The lowest BCUT2D eigenvalue weighted by atomic mass is 9.99. The van der Waals surface area contributed by atoms with Crippen LogP contribution in [-0.2, 0) is 6.54 Å². The zero-order valence-corrected chi connectivity index (χ0v) is 14.8. The smallest absolute Gasteiger partial charge is 0.292 e. The van der Waals surface area contributed by atoms with Gasteiger partial charge in [0, 0.05) is 18.2 Å². The van der Waals surface area contributed by atoms with E-state index in [0.29, 0.717) is 28.8 Å². The molecule has 0 spiro atoms. The standard InChI is InChI=1S/C21H19N3O3/c1-14-10-18(12-19(20(14)22)24(26)27)16-8-5-9-17(11-16)21(25)23-13-15-6-3-2-4-7-15/h2-12H,13,22H2,1H3,(H,23,25). The van der Waals surface area contributed by atoms with Crippen LogP contribution >= 0.6 is 0 Å². The van der Waals surface area contributed by atoms with Crippen molar-refractivity contribution < 1.29 is 9.72 Å². The largest absolute Gasteiger partial charge is 0.393 e. The summed E-state index contributed by atoms with van der Waals surface area (Å²) in [4.78, 5) is 23.2. The van der Waals surface area contributed by atoms with Crippen LogP contribution in [0.15, 0.2) is 66.7 Å². The lowest BCUT2D eigenvalue weighted by Gasteiger charge is -2.09. The number of rotatable bonds is 5. The number of nitrogen functional groups attached to an aromatic ring is 1. The van der Waals surface area contributed by atoms with Gasteiger partial charge in [0.2, 0.25) is 0 Å². The molecule has 27 heavy (non-hydrogen) atoms. The van der Waals surface area contributed by atoms with E-state index in [9.17, 15) is 14.9 Å². The monoisotopic (exact) mass is 361 g/mol. The van der Waals surface area contributed by atoms with Gasteiger partial charge in [-0.3, -0.25) is 14.9 Å². The Hall–Kier alpha value is -3.67. The molecule has 0 bridgehead atoms. The number of carbonyl (C=O) groups is 1. The molecule has 0 fully saturated rings. The topological polar surface area (TPSA) is 98.3 Å². The molecule has 0 aliphatic carbocycles. The van der Waals surface area contributed by atoms with Crippen molar-refractivity contribution in [1.29, 1.82) is 0 Å². The molecule has 0 saturated carbocycles. The van der Waals surface area contributed by atoms with Crippen molar-refractivity contribution in [3.63, 3.8) is 0 Å². The van der Waals surface area contributed by atoms with Gasteiger partial charge in [0.25, 0.3) is 11.6 Å². The van der Waals surface area contributed by atoms with Crippen LogP contribution in [0, 0.1) is 17.0 Å². The first-order valence-corrected chi connectivity index (χ1v) is 8.43. The Kier molecular flexibility index (Phi) is 5.17. The molecule has 1 amide bonds. The van der Waals surface area contributed by atoms with Crippen molar-refractivity contribution in [3.05, 3.63) is 93.5 Å². The zero-order valence-electron chi connectivity index (χ0n) is 14.8. The van der Waals surface area contributed by atoms with Crippen LogP contribution < -0.4 is 11.1 Å². The van der Waals surface area contributed by atoms with E-state index in [0.717, 1.165) is 5.56 Å². The molecule has 6 heteroatoms. The molecule has 3 aromatic rings. The summed E-state index contributed by atoms with van der Waals surface area (Å²) in [6.07, 6.45) is 0. The highest BCUT2D eigenvalue weighted by Gasteiger charge is 2.16. The fraction of sp³-hybridized carbons (Fsp3) is 0.0952. The fourth-order valence-electron chi connectivity index (χ4n) is 2.82. The van der Waals surface area contributed by atoms with Crippen LogP contribution in [0.3, 0.4) is 0 Å². The van der Waals surface area contributed by atoms with E-state index in [-0.39, 0.29) is 17.3 Å². The lowest BCUT2D eigenvalue weighted by molar-refractivity contribution is -0.383. The molecule has 0 atom stereocenters.